The minimum Gasteiger partial charge on any atom is -0.389 e. The van der Waals surface area contributed by atoms with Gasteiger partial charge in [0.1, 0.15) is 10.8 Å². The summed E-state index contributed by atoms with van der Waals surface area (Å²) in [6.07, 6.45) is 1.58. The van der Waals surface area contributed by atoms with E-state index >= 15 is 0 Å². The molecule has 1 heterocycles. The molecule has 0 atom stereocenters. The molecule has 1 rings (SSSR count). The van der Waals surface area contributed by atoms with Gasteiger partial charge in [-0.2, -0.15) is 0 Å². The normalized spacial score (nSPS) is 9.76. The molecule has 0 spiro atoms. The molecule has 92 valence electrons. The molecule has 3 N–H and O–H groups in total. The molecule has 0 unspecified atom stereocenters. The number of anilines is 1. The zero-order chi connectivity index (χ0) is 12.8. The van der Waals surface area contributed by atoms with E-state index in [0.29, 0.717) is 22.9 Å². The second kappa shape index (κ2) is 6.15. The van der Waals surface area contributed by atoms with Crippen molar-refractivity contribution in [1.29, 1.82) is 0 Å². The van der Waals surface area contributed by atoms with Crippen LogP contribution in [0, 0.1) is 0 Å². The molecular weight excluding hydrogens is 236 g/mol. The zero-order valence-electron chi connectivity index (χ0n) is 9.93. The fourth-order valence-electron chi connectivity index (χ4n) is 1.12. The molecule has 1 amide bonds. The van der Waals surface area contributed by atoms with Crippen LogP contribution in [0.25, 0.3) is 0 Å². The van der Waals surface area contributed by atoms with Crippen LogP contribution in [0.3, 0.4) is 0 Å². The van der Waals surface area contributed by atoms with Crippen LogP contribution in [0.2, 0.25) is 0 Å². The smallest absolute Gasteiger partial charge is 0.241 e. The minimum atomic E-state index is 0.0210. The van der Waals surface area contributed by atoms with Crippen LogP contribution in [0.15, 0.2) is 18.3 Å². The van der Waals surface area contributed by atoms with Crippen LogP contribution in [0.4, 0.5) is 5.82 Å². The summed E-state index contributed by atoms with van der Waals surface area (Å²) in [7, 11) is 1.76. The first-order valence-electron chi connectivity index (χ1n) is 5.28. The molecule has 6 heteroatoms. The predicted molar refractivity (Wildman–Crippen MR) is 71.9 cm³/mol. The van der Waals surface area contributed by atoms with Crippen molar-refractivity contribution in [1.82, 2.24) is 9.88 Å². The van der Waals surface area contributed by atoms with Gasteiger partial charge in [-0.15, -0.1) is 0 Å². The van der Waals surface area contributed by atoms with Gasteiger partial charge in [0.15, 0.2) is 0 Å². The van der Waals surface area contributed by atoms with Gasteiger partial charge in [0, 0.05) is 25.4 Å². The SMILES string of the molecule is CCN(C)C(=O)CNc1ccc(C(N)=S)cn1. The lowest BCUT2D eigenvalue weighted by Crippen LogP contribution is -2.32. The van der Waals surface area contributed by atoms with E-state index in [2.05, 4.69) is 10.3 Å². The average molecular weight is 252 g/mol. The molecule has 0 radical (unpaired) electrons. The number of hydrogen-bond donors (Lipinski definition) is 2. The third-order valence-corrected chi connectivity index (χ3v) is 2.60. The van der Waals surface area contributed by atoms with E-state index < -0.39 is 0 Å². The fourth-order valence-corrected chi connectivity index (χ4v) is 1.24. The highest BCUT2D eigenvalue weighted by molar-refractivity contribution is 7.80. The molecule has 1 aromatic heterocycles. The van der Waals surface area contributed by atoms with Gasteiger partial charge in [0.2, 0.25) is 5.91 Å². The molecule has 0 aliphatic heterocycles. The Morgan fingerprint density at radius 3 is 2.76 bits per heavy atom. The van der Waals surface area contributed by atoms with E-state index in [0.717, 1.165) is 0 Å². The Morgan fingerprint density at radius 2 is 2.29 bits per heavy atom. The van der Waals surface area contributed by atoms with Gasteiger partial charge >= 0.3 is 0 Å². The molecule has 17 heavy (non-hydrogen) atoms. The van der Waals surface area contributed by atoms with Gasteiger partial charge < -0.3 is 16.0 Å². The Hall–Kier alpha value is -1.69. The Labute approximate surface area is 106 Å². The molecule has 0 aliphatic rings. The fraction of sp³-hybridized carbons (Fsp3) is 0.364. The highest BCUT2D eigenvalue weighted by Gasteiger charge is 2.06. The summed E-state index contributed by atoms with van der Waals surface area (Å²) in [4.78, 5) is 17.6. The van der Waals surface area contributed by atoms with Crippen molar-refractivity contribution in [3.63, 3.8) is 0 Å². The molecule has 0 bridgehead atoms. The number of amides is 1. The molecule has 5 nitrogen and oxygen atoms in total. The van der Waals surface area contributed by atoms with E-state index in [1.54, 1.807) is 30.3 Å². The second-order valence-electron chi connectivity index (χ2n) is 3.56. The van der Waals surface area contributed by atoms with Crippen molar-refractivity contribution in [3.05, 3.63) is 23.9 Å². The topological polar surface area (TPSA) is 71.2 Å². The molecule has 1 aromatic rings. The summed E-state index contributed by atoms with van der Waals surface area (Å²) in [6, 6.07) is 3.51. The maximum absolute atomic E-state index is 11.5. The standard InChI is InChI=1S/C11H16N4OS/c1-3-15(2)10(16)7-14-9-5-4-8(6-13-9)11(12)17/h4-6H,3,7H2,1-2H3,(H2,12,17)(H,13,14). The summed E-state index contributed by atoms with van der Waals surface area (Å²) >= 11 is 4.82. The lowest BCUT2D eigenvalue weighted by Gasteiger charge is -2.14. The van der Waals surface area contributed by atoms with Gasteiger partial charge in [-0.05, 0) is 19.1 Å². The maximum atomic E-state index is 11.5. The first-order valence-corrected chi connectivity index (χ1v) is 5.69. The number of aromatic nitrogens is 1. The number of carbonyl (C=O) groups excluding carboxylic acids is 1. The van der Waals surface area contributed by atoms with Gasteiger partial charge in [0.05, 0.1) is 6.54 Å². The highest BCUT2D eigenvalue weighted by atomic mass is 32.1. The first kappa shape index (κ1) is 13.4. The summed E-state index contributed by atoms with van der Waals surface area (Å²) in [6.45, 7) is 2.84. The van der Waals surface area contributed by atoms with Crippen molar-refractivity contribution < 1.29 is 4.79 Å². The van der Waals surface area contributed by atoms with E-state index in [4.69, 9.17) is 18.0 Å². The van der Waals surface area contributed by atoms with E-state index in [1.165, 1.54) is 0 Å². The largest absolute Gasteiger partial charge is 0.389 e. The van der Waals surface area contributed by atoms with Gasteiger partial charge in [0.25, 0.3) is 0 Å². The number of thiocarbonyl (C=S) groups is 1. The van der Waals surface area contributed by atoms with Crippen molar-refractivity contribution in [2.75, 3.05) is 25.5 Å². The van der Waals surface area contributed by atoms with Gasteiger partial charge in [-0.3, -0.25) is 4.79 Å². The van der Waals surface area contributed by atoms with Crippen LogP contribution < -0.4 is 11.1 Å². The predicted octanol–water partition coefficient (Wildman–Crippen LogP) is 0.606. The summed E-state index contributed by atoms with van der Waals surface area (Å²) in [5, 5.41) is 2.94. The Morgan fingerprint density at radius 1 is 1.59 bits per heavy atom. The van der Waals surface area contributed by atoms with Crippen LogP contribution in [-0.4, -0.2) is 40.9 Å². The third-order valence-electron chi connectivity index (χ3n) is 2.37. The quantitative estimate of drug-likeness (QED) is 0.751. The molecule has 0 fully saturated rings. The number of rotatable bonds is 5. The van der Waals surface area contributed by atoms with Crippen LogP contribution >= 0.6 is 12.2 Å². The molecule has 0 aliphatic carbocycles. The summed E-state index contributed by atoms with van der Waals surface area (Å²) in [5.74, 6) is 0.649. The number of hydrogen-bond acceptors (Lipinski definition) is 4. The Kier molecular flexibility index (Phi) is 4.84. The number of likely N-dealkylation sites (N-methyl/N-ethyl adjacent to an activating group) is 1. The van der Waals surface area contributed by atoms with Crippen molar-refractivity contribution in [2.24, 2.45) is 5.73 Å². The van der Waals surface area contributed by atoms with Crippen molar-refractivity contribution >= 4 is 28.9 Å². The number of pyridine rings is 1. The molecular formula is C11H16N4OS. The summed E-state index contributed by atoms with van der Waals surface area (Å²) < 4.78 is 0. The van der Waals surface area contributed by atoms with Gasteiger partial charge in [-0.25, -0.2) is 4.98 Å². The van der Waals surface area contributed by atoms with Crippen molar-refractivity contribution in [3.8, 4) is 0 Å². The van der Waals surface area contributed by atoms with Crippen LogP contribution in [0.1, 0.15) is 12.5 Å². The second-order valence-corrected chi connectivity index (χ2v) is 4.00. The van der Waals surface area contributed by atoms with Crippen LogP contribution in [0.5, 0.6) is 0 Å². The minimum absolute atomic E-state index is 0.0210. The number of nitrogens with zero attached hydrogens (tertiary/aromatic N) is 2. The molecule has 0 aromatic carbocycles. The molecule has 0 saturated heterocycles. The third kappa shape index (κ3) is 3.99. The first-order chi connectivity index (χ1) is 8.04. The Balaban J connectivity index is 2.53. The Bertz CT molecular complexity index is 404. The lowest BCUT2D eigenvalue weighted by atomic mass is 10.3. The van der Waals surface area contributed by atoms with E-state index in [-0.39, 0.29) is 12.5 Å². The number of nitrogens with one attached hydrogen (secondary N) is 1. The highest BCUT2D eigenvalue weighted by Crippen LogP contribution is 2.04. The number of nitrogens with two attached hydrogens (primary N) is 1. The number of carbonyl (C=O) groups is 1. The van der Waals surface area contributed by atoms with E-state index in [9.17, 15) is 4.79 Å². The monoisotopic (exact) mass is 252 g/mol. The maximum Gasteiger partial charge on any atom is 0.241 e. The lowest BCUT2D eigenvalue weighted by molar-refractivity contribution is -0.127. The average Bonchev–Trinajstić information content (AvgIpc) is 2.35. The summed E-state index contributed by atoms with van der Waals surface area (Å²) in [5.41, 5.74) is 6.16. The van der Waals surface area contributed by atoms with Crippen molar-refractivity contribution in [2.45, 2.75) is 6.92 Å². The zero-order valence-corrected chi connectivity index (χ0v) is 10.8. The van der Waals surface area contributed by atoms with E-state index in [1.807, 2.05) is 6.92 Å². The van der Waals surface area contributed by atoms with Crippen LogP contribution in [-0.2, 0) is 4.79 Å². The molecule has 0 saturated carbocycles. The van der Waals surface area contributed by atoms with Gasteiger partial charge in [-0.1, -0.05) is 12.2 Å².